The molecule has 4 nitrogen and oxygen atoms in total. The lowest BCUT2D eigenvalue weighted by Gasteiger charge is -2.21. The summed E-state index contributed by atoms with van der Waals surface area (Å²) in [5.41, 5.74) is 6.94. The van der Waals surface area contributed by atoms with Crippen molar-refractivity contribution >= 4 is 0 Å². The predicted molar refractivity (Wildman–Crippen MR) is 66.1 cm³/mol. The predicted octanol–water partition coefficient (Wildman–Crippen LogP) is 1.70. The molecule has 1 aromatic rings. The highest BCUT2D eigenvalue weighted by Gasteiger charge is 2.47. The fraction of sp³-hybridized carbons (Fsp3) is 0.538. The molecule has 1 saturated carbocycles. The van der Waals surface area contributed by atoms with Crippen LogP contribution in [-0.2, 0) is 5.41 Å². The Kier molecular flexibility index (Phi) is 3.15. The Morgan fingerprint density at radius 1 is 1.06 bits per heavy atom. The highest BCUT2D eigenvalue weighted by Crippen LogP contribution is 2.56. The highest BCUT2D eigenvalue weighted by atomic mass is 16.5. The second-order valence-electron chi connectivity index (χ2n) is 4.36. The maximum absolute atomic E-state index is 5.89. The van der Waals surface area contributed by atoms with Gasteiger partial charge in [-0.1, -0.05) is 0 Å². The van der Waals surface area contributed by atoms with Gasteiger partial charge in [-0.05, 0) is 25.0 Å². The van der Waals surface area contributed by atoms with Crippen molar-refractivity contribution in [1.29, 1.82) is 0 Å². The minimum atomic E-state index is 0.00519. The molecule has 0 unspecified atom stereocenters. The lowest BCUT2D eigenvalue weighted by Crippen LogP contribution is -2.21. The third-order valence-corrected chi connectivity index (χ3v) is 3.50. The lowest BCUT2D eigenvalue weighted by atomic mass is 9.93. The molecule has 1 fully saturated rings. The van der Waals surface area contributed by atoms with E-state index in [-0.39, 0.29) is 5.41 Å². The summed E-state index contributed by atoms with van der Waals surface area (Å²) in [4.78, 5) is 0. The molecule has 0 radical (unpaired) electrons. The number of benzene rings is 1. The number of nitrogens with two attached hydrogens (primary N) is 1. The van der Waals surface area contributed by atoms with Crippen LogP contribution in [0.2, 0.25) is 0 Å². The van der Waals surface area contributed by atoms with Crippen molar-refractivity contribution in [2.75, 3.05) is 27.9 Å². The van der Waals surface area contributed by atoms with Crippen molar-refractivity contribution < 1.29 is 14.2 Å². The van der Waals surface area contributed by atoms with E-state index < -0.39 is 0 Å². The number of rotatable bonds is 5. The van der Waals surface area contributed by atoms with Gasteiger partial charge in [-0.2, -0.15) is 0 Å². The van der Waals surface area contributed by atoms with Crippen molar-refractivity contribution in [2.24, 2.45) is 5.73 Å². The summed E-state index contributed by atoms with van der Waals surface area (Å²) in [7, 11) is 4.95. The molecule has 1 aliphatic carbocycles. The summed E-state index contributed by atoms with van der Waals surface area (Å²) in [5.74, 6) is 2.29. The zero-order valence-corrected chi connectivity index (χ0v) is 10.6. The topological polar surface area (TPSA) is 53.7 Å². The van der Waals surface area contributed by atoms with Gasteiger partial charge in [0.15, 0.2) is 11.5 Å². The maximum atomic E-state index is 5.89. The lowest BCUT2D eigenvalue weighted by molar-refractivity contribution is 0.338. The summed E-state index contributed by atoms with van der Waals surface area (Å²) < 4.78 is 16.2. The molecular weight excluding hydrogens is 218 g/mol. The van der Waals surface area contributed by atoms with Gasteiger partial charge in [0, 0.05) is 17.5 Å². The Bertz CT molecular complexity index is 413. The van der Waals surface area contributed by atoms with E-state index >= 15 is 0 Å². The Balaban J connectivity index is 2.59. The molecule has 1 aromatic carbocycles. The van der Waals surface area contributed by atoms with Gasteiger partial charge >= 0.3 is 0 Å². The highest BCUT2D eigenvalue weighted by molar-refractivity contribution is 5.59. The van der Waals surface area contributed by atoms with E-state index in [1.165, 1.54) is 0 Å². The average Bonchev–Trinajstić information content (AvgIpc) is 3.17. The minimum Gasteiger partial charge on any atom is -0.496 e. The smallest absolute Gasteiger partial charge is 0.168 e. The second-order valence-corrected chi connectivity index (χ2v) is 4.36. The monoisotopic (exact) mass is 237 g/mol. The maximum Gasteiger partial charge on any atom is 0.168 e. The Hall–Kier alpha value is -1.42. The number of methoxy groups -OCH3 is 3. The van der Waals surface area contributed by atoms with Gasteiger partial charge in [-0.15, -0.1) is 0 Å². The van der Waals surface area contributed by atoms with Crippen molar-refractivity contribution in [2.45, 2.75) is 18.3 Å². The molecule has 0 saturated heterocycles. The fourth-order valence-corrected chi connectivity index (χ4v) is 2.29. The van der Waals surface area contributed by atoms with Crippen LogP contribution in [0.5, 0.6) is 17.2 Å². The number of ether oxygens (including phenoxy) is 3. The number of hydrogen-bond donors (Lipinski definition) is 1. The Morgan fingerprint density at radius 2 is 1.65 bits per heavy atom. The van der Waals surface area contributed by atoms with Crippen molar-refractivity contribution in [3.05, 3.63) is 17.7 Å². The Morgan fingerprint density at radius 3 is 2.06 bits per heavy atom. The van der Waals surface area contributed by atoms with E-state index in [2.05, 4.69) is 0 Å². The van der Waals surface area contributed by atoms with Crippen molar-refractivity contribution in [3.8, 4) is 17.2 Å². The summed E-state index contributed by atoms with van der Waals surface area (Å²) >= 11 is 0. The first-order valence-corrected chi connectivity index (χ1v) is 5.72. The average molecular weight is 237 g/mol. The zero-order valence-electron chi connectivity index (χ0n) is 10.6. The first-order chi connectivity index (χ1) is 8.22. The molecule has 1 aliphatic rings. The molecule has 0 amide bonds. The molecule has 0 atom stereocenters. The summed E-state index contributed by atoms with van der Waals surface area (Å²) in [5, 5.41) is 0. The standard InChI is InChI=1S/C13H19NO3/c1-15-9-4-5-10(16-2)12(17-3)11(9)13(8-14)6-7-13/h4-5H,6-8,14H2,1-3H3. The summed E-state index contributed by atoms with van der Waals surface area (Å²) in [6.45, 7) is 0.604. The van der Waals surface area contributed by atoms with Gasteiger partial charge in [0.25, 0.3) is 0 Å². The first kappa shape index (κ1) is 12.0. The van der Waals surface area contributed by atoms with Crippen LogP contribution in [0.1, 0.15) is 18.4 Å². The molecule has 0 aliphatic heterocycles. The van der Waals surface area contributed by atoms with Gasteiger partial charge in [-0.3, -0.25) is 0 Å². The Labute approximate surface area is 102 Å². The summed E-state index contributed by atoms with van der Waals surface area (Å²) in [6, 6.07) is 3.76. The van der Waals surface area contributed by atoms with Crippen LogP contribution in [0.25, 0.3) is 0 Å². The van der Waals surface area contributed by atoms with Crippen molar-refractivity contribution in [3.63, 3.8) is 0 Å². The van der Waals surface area contributed by atoms with Crippen LogP contribution in [0.4, 0.5) is 0 Å². The quantitative estimate of drug-likeness (QED) is 0.847. The van der Waals surface area contributed by atoms with Crippen LogP contribution in [0.15, 0.2) is 12.1 Å². The second kappa shape index (κ2) is 4.45. The van der Waals surface area contributed by atoms with Crippen LogP contribution in [0, 0.1) is 0 Å². The first-order valence-electron chi connectivity index (χ1n) is 5.72. The van der Waals surface area contributed by atoms with Crippen LogP contribution < -0.4 is 19.9 Å². The van der Waals surface area contributed by atoms with Crippen LogP contribution in [0.3, 0.4) is 0 Å². The van der Waals surface area contributed by atoms with Gasteiger partial charge < -0.3 is 19.9 Å². The van der Waals surface area contributed by atoms with E-state index in [1.807, 2.05) is 12.1 Å². The van der Waals surface area contributed by atoms with Crippen LogP contribution >= 0.6 is 0 Å². The largest absolute Gasteiger partial charge is 0.496 e. The number of hydrogen-bond acceptors (Lipinski definition) is 4. The van der Waals surface area contributed by atoms with Gasteiger partial charge in [0.05, 0.1) is 21.3 Å². The van der Waals surface area contributed by atoms with Gasteiger partial charge in [0.1, 0.15) is 5.75 Å². The molecule has 0 heterocycles. The van der Waals surface area contributed by atoms with E-state index in [0.717, 1.165) is 35.7 Å². The molecule has 2 N–H and O–H groups in total. The third kappa shape index (κ3) is 1.82. The molecular formula is C13H19NO3. The molecule has 94 valence electrons. The summed E-state index contributed by atoms with van der Waals surface area (Å²) in [6.07, 6.45) is 2.15. The van der Waals surface area contributed by atoms with Crippen LogP contribution in [-0.4, -0.2) is 27.9 Å². The molecule has 4 heteroatoms. The molecule has 17 heavy (non-hydrogen) atoms. The van der Waals surface area contributed by atoms with Crippen molar-refractivity contribution in [1.82, 2.24) is 0 Å². The van der Waals surface area contributed by atoms with Gasteiger partial charge in [0.2, 0.25) is 0 Å². The van der Waals surface area contributed by atoms with E-state index in [1.54, 1.807) is 21.3 Å². The molecule has 2 rings (SSSR count). The SMILES string of the molecule is COc1ccc(OC)c(C2(CN)CC2)c1OC. The molecule has 0 spiro atoms. The fourth-order valence-electron chi connectivity index (χ4n) is 2.29. The van der Waals surface area contributed by atoms with Gasteiger partial charge in [-0.25, -0.2) is 0 Å². The zero-order chi connectivity index (χ0) is 12.5. The normalized spacial score (nSPS) is 16.5. The molecule has 0 aromatic heterocycles. The van der Waals surface area contributed by atoms with E-state index in [0.29, 0.717) is 6.54 Å². The van der Waals surface area contributed by atoms with E-state index in [9.17, 15) is 0 Å². The minimum absolute atomic E-state index is 0.00519. The third-order valence-electron chi connectivity index (χ3n) is 3.50. The molecule has 0 bridgehead atoms. The van der Waals surface area contributed by atoms with E-state index in [4.69, 9.17) is 19.9 Å².